The van der Waals surface area contributed by atoms with Crippen molar-refractivity contribution in [1.29, 1.82) is 0 Å². The van der Waals surface area contributed by atoms with Gasteiger partial charge in [0.15, 0.2) is 11.0 Å². The lowest BCUT2D eigenvalue weighted by atomic mass is 10.0. The zero-order valence-corrected chi connectivity index (χ0v) is 17.0. The number of hydrogen-bond donors (Lipinski definition) is 0. The molecule has 0 bridgehead atoms. The van der Waals surface area contributed by atoms with E-state index in [2.05, 4.69) is 27.8 Å². The molecule has 0 N–H and O–H groups in total. The summed E-state index contributed by atoms with van der Waals surface area (Å²) < 4.78 is 2.08. The van der Waals surface area contributed by atoms with E-state index in [4.69, 9.17) is 0 Å². The Labute approximate surface area is 169 Å². The maximum atomic E-state index is 13.2. The summed E-state index contributed by atoms with van der Waals surface area (Å²) >= 11 is 1.48. The number of aryl methyl sites for hydroxylation is 1. The second kappa shape index (κ2) is 8.19. The lowest BCUT2D eigenvalue weighted by Crippen LogP contribution is -2.40. The van der Waals surface area contributed by atoms with Gasteiger partial charge >= 0.3 is 0 Å². The summed E-state index contributed by atoms with van der Waals surface area (Å²) in [5.74, 6) is 0.970. The zero-order chi connectivity index (χ0) is 19.5. The second-order valence-electron chi connectivity index (χ2n) is 6.90. The normalized spacial score (nSPS) is 14.6. The van der Waals surface area contributed by atoms with Crippen LogP contribution in [0.4, 0.5) is 5.69 Å². The van der Waals surface area contributed by atoms with E-state index in [1.165, 1.54) is 17.3 Å². The molecule has 1 unspecified atom stereocenters. The summed E-state index contributed by atoms with van der Waals surface area (Å²) in [6, 6.07) is 18.3. The first-order chi connectivity index (χ1) is 13.7. The molecule has 6 heteroatoms. The third kappa shape index (κ3) is 3.56. The van der Waals surface area contributed by atoms with E-state index in [1.807, 2.05) is 60.4 Å². The Morgan fingerprint density at radius 3 is 2.64 bits per heavy atom. The topological polar surface area (TPSA) is 51.0 Å². The fourth-order valence-electron chi connectivity index (χ4n) is 3.65. The van der Waals surface area contributed by atoms with Crippen LogP contribution in [0, 0.1) is 0 Å². The molecule has 1 aliphatic heterocycles. The number of amides is 1. The molecule has 2 heterocycles. The average Bonchev–Trinajstić information content (AvgIpc) is 3.15. The highest BCUT2D eigenvalue weighted by atomic mass is 32.2. The molecule has 0 radical (unpaired) electrons. The Balaban J connectivity index is 1.55. The van der Waals surface area contributed by atoms with Crippen molar-refractivity contribution in [2.24, 2.45) is 0 Å². The lowest BCUT2D eigenvalue weighted by Gasteiger charge is -2.31. The number of rotatable bonds is 5. The number of thioether (sulfide) groups is 1. The third-order valence-corrected chi connectivity index (χ3v) is 6.14. The van der Waals surface area contributed by atoms with Crippen LogP contribution in [0.15, 0.2) is 59.8 Å². The lowest BCUT2D eigenvalue weighted by molar-refractivity contribution is -0.117. The van der Waals surface area contributed by atoms with Gasteiger partial charge in [-0.15, -0.1) is 10.2 Å². The smallest absolute Gasteiger partial charge is 0.240 e. The van der Waals surface area contributed by atoms with Gasteiger partial charge in [-0.1, -0.05) is 60.3 Å². The maximum absolute atomic E-state index is 13.2. The van der Waals surface area contributed by atoms with Gasteiger partial charge in [-0.2, -0.15) is 0 Å². The minimum atomic E-state index is -0.232. The van der Waals surface area contributed by atoms with Gasteiger partial charge in [-0.25, -0.2) is 0 Å². The van der Waals surface area contributed by atoms with Crippen molar-refractivity contribution in [3.8, 4) is 11.4 Å². The molecule has 28 heavy (non-hydrogen) atoms. The highest BCUT2D eigenvalue weighted by Gasteiger charge is 2.28. The number of carbonyl (C=O) groups is 1. The van der Waals surface area contributed by atoms with E-state index in [0.29, 0.717) is 0 Å². The molecule has 4 rings (SSSR count). The van der Waals surface area contributed by atoms with E-state index in [9.17, 15) is 4.79 Å². The number of hydrogen-bond acceptors (Lipinski definition) is 4. The minimum absolute atomic E-state index is 0.129. The van der Waals surface area contributed by atoms with Gasteiger partial charge in [-0.3, -0.25) is 4.79 Å². The molecular formula is C22H24N4OS. The van der Waals surface area contributed by atoms with Crippen LogP contribution >= 0.6 is 11.8 Å². The van der Waals surface area contributed by atoms with Gasteiger partial charge < -0.3 is 9.47 Å². The van der Waals surface area contributed by atoms with Crippen LogP contribution < -0.4 is 4.90 Å². The van der Waals surface area contributed by atoms with Gasteiger partial charge in [0.25, 0.3) is 0 Å². The number of benzene rings is 2. The summed E-state index contributed by atoms with van der Waals surface area (Å²) in [4.78, 5) is 15.1. The quantitative estimate of drug-likeness (QED) is 0.603. The first-order valence-corrected chi connectivity index (χ1v) is 10.6. The predicted molar refractivity (Wildman–Crippen MR) is 114 cm³/mol. The molecule has 144 valence electrons. The number of aromatic nitrogens is 3. The van der Waals surface area contributed by atoms with Gasteiger partial charge in [-0.05, 0) is 38.3 Å². The van der Waals surface area contributed by atoms with Crippen LogP contribution in [-0.2, 0) is 17.8 Å². The van der Waals surface area contributed by atoms with Crippen LogP contribution in [0.3, 0.4) is 0 Å². The number of carbonyl (C=O) groups excluding carboxylic acids is 1. The van der Waals surface area contributed by atoms with E-state index in [1.54, 1.807) is 0 Å². The number of para-hydroxylation sites is 1. The van der Waals surface area contributed by atoms with Crippen LogP contribution in [-0.4, -0.2) is 32.5 Å². The second-order valence-corrected chi connectivity index (χ2v) is 8.21. The standard InChI is InChI=1S/C22H24N4OS/c1-3-25-20(18-11-5-4-6-12-18)23-24-22(25)28-16(2)21(27)26-15-9-13-17-10-7-8-14-19(17)26/h4-8,10-12,14,16H,3,9,13,15H2,1-2H3. The first-order valence-electron chi connectivity index (χ1n) is 9.73. The Morgan fingerprint density at radius 1 is 1.11 bits per heavy atom. The van der Waals surface area contributed by atoms with Crippen LogP contribution in [0.1, 0.15) is 25.8 Å². The summed E-state index contributed by atoms with van der Waals surface area (Å²) in [5.41, 5.74) is 3.34. The van der Waals surface area contributed by atoms with Gasteiger partial charge in [0.1, 0.15) is 0 Å². The Morgan fingerprint density at radius 2 is 1.86 bits per heavy atom. The van der Waals surface area contributed by atoms with Crippen molar-refractivity contribution >= 4 is 23.4 Å². The molecule has 5 nitrogen and oxygen atoms in total. The highest BCUT2D eigenvalue weighted by Crippen LogP contribution is 2.31. The number of nitrogens with zero attached hydrogens (tertiary/aromatic N) is 4. The Hall–Kier alpha value is -2.60. The summed E-state index contributed by atoms with van der Waals surface area (Å²) in [6.45, 7) is 5.57. The molecule has 1 atom stereocenters. The monoisotopic (exact) mass is 392 g/mol. The van der Waals surface area contributed by atoms with Crippen LogP contribution in [0.5, 0.6) is 0 Å². The van der Waals surface area contributed by atoms with Gasteiger partial charge in [0.2, 0.25) is 5.91 Å². The summed E-state index contributed by atoms with van der Waals surface area (Å²) in [7, 11) is 0. The van der Waals surface area contributed by atoms with E-state index in [-0.39, 0.29) is 11.2 Å². The predicted octanol–water partition coefficient (Wildman–Crippen LogP) is 4.43. The molecule has 0 saturated carbocycles. The molecule has 1 aromatic heterocycles. The third-order valence-electron chi connectivity index (χ3n) is 5.07. The molecule has 3 aromatic rings. The molecule has 1 amide bonds. The van der Waals surface area contributed by atoms with E-state index < -0.39 is 0 Å². The molecular weight excluding hydrogens is 368 g/mol. The van der Waals surface area contributed by atoms with Gasteiger partial charge in [0, 0.05) is 24.3 Å². The number of anilines is 1. The molecule has 0 aliphatic carbocycles. The van der Waals surface area contributed by atoms with E-state index >= 15 is 0 Å². The number of fused-ring (bicyclic) bond motifs is 1. The van der Waals surface area contributed by atoms with Crippen molar-refractivity contribution in [1.82, 2.24) is 14.8 Å². The molecule has 0 saturated heterocycles. The highest BCUT2D eigenvalue weighted by molar-refractivity contribution is 8.00. The van der Waals surface area contributed by atoms with Crippen molar-refractivity contribution in [3.63, 3.8) is 0 Å². The molecule has 1 aliphatic rings. The zero-order valence-electron chi connectivity index (χ0n) is 16.2. The van der Waals surface area contributed by atoms with Crippen molar-refractivity contribution in [3.05, 3.63) is 60.2 Å². The largest absolute Gasteiger partial charge is 0.311 e. The SMILES string of the molecule is CCn1c(SC(C)C(=O)N2CCCc3ccccc32)nnc1-c1ccccc1. The molecule has 2 aromatic carbocycles. The van der Waals surface area contributed by atoms with Crippen molar-refractivity contribution in [2.75, 3.05) is 11.4 Å². The first kappa shape index (κ1) is 18.7. The van der Waals surface area contributed by atoms with Crippen molar-refractivity contribution in [2.45, 2.75) is 43.6 Å². The van der Waals surface area contributed by atoms with Crippen LogP contribution in [0.2, 0.25) is 0 Å². The van der Waals surface area contributed by atoms with E-state index in [0.717, 1.165) is 48.2 Å². The average molecular weight is 393 g/mol. The summed E-state index contributed by atoms with van der Waals surface area (Å²) in [6.07, 6.45) is 2.04. The fraction of sp³-hybridized carbons (Fsp3) is 0.318. The van der Waals surface area contributed by atoms with Gasteiger partial charge in [0.05, 0.1) is 5.25 Å². The fourth-order valence-corrected chi connectivity index (χ4v) is 4.63. The van der Waals surface area contributed by atoms with Crippen LogP contribution in [0.25, 0.3) is 11.4 Å². The molecule has 0 fully saturated rings. The minimum Gasteiger partial charge on any atom is -0.311 e. The Bertz CT molecular complexity index is 970. The Kier molecular flexibility index (Phi) is 5.48. The summed E-state index contributed by atoms with van der Waals surface area (Å²) in [5, 5.41) is 9.32. The van der Waals surface area contributed by atoms with Crippen molar-refractivity contribution < 1.29 is 4.79 Å². The molecule has 0 spiro atoms. The maximum Gasteiger partial charge on any atom is 0.240 e.